The number of aryl methyl sites for hydroxylation is 2. The van der Waals surface area contributed by atoms with Gasteiger partial charge in [-0.15, -0.1) is 0 Å². The second-order valence-corrected chi connectivity index (χ2v) is 11.1. The lowest BCUT2D eigenvalue weighted by molar-refractivity contribution is -0.119. The number of anilines is 2. The molecule has 8 nitrogen and oxygen atoms in total. The Hall–Kier alpha value is -3.37. The van der Waals surface area contributed by atoms with Crippen molar-refractivity contribution in [3.8, 4) is 5.75 Å². The SMILES string of the molecule is COc1ccc(C)cc1N(CC(=O)N/N=C\c1ccc(N(C)C)c(Br)c1)S(=O)(=O)c1ccc(C)cc1. The van der Waals surface area contributed by atoms with Crippen molar-refractivity contribution in [2.45, 2.75) is 18.7 Å². The number of carbonyl (C=O) groups is 1. The lowest BCUT2D eigenvalue weighted by atomic mass is 10.2. The van der Waals surface area contributed by atoms with Crippen molar-refractivity contribution in [2.75, 3.05) is 37.0 Å². The van der Waals surface area contributed by atoms with Gasteiger partial charge in [-0.25, -0.2) is 13.8 Å². The zero-order valence-electron chi connectivity index (χ0n) is 20.8. The van der Waals surface area contributed by atoms with E-state index in [2.05, 4.69) is 26.5 Å². The number of hydrazone groups is 1. The highest BCUT2D eigenvalue weighted by Crippen LogP contribution is 2.33. The maximum absolute atomic E-state index is 13.6. The molecule has 0 fully saturated rings. The van der Waals surface area contributed by atoms with E-state index in [9.17, 15) is 13.2 Å². The second kappa shape index (κ2) is 11.6. The maximum Gasteiger partial charge on any atom is 0.264 e. The second-order valence-electron chi connectivity index (χ2n) is 8.40. The number of methoxy groups -OCH3 is 1. The third-order valence-corrected chi connectivity index (χ3v) is 7.76. The minimum absolute atomic E-state index is 0.0683. The van der Waals surface area contributed by atoms with E-state index < -0.39 is 22.5 Å². The Bertz CT molecular complexity index is 1370. The van der Waals surface area contributed by atoms with Crippen molar-refractivity contribution in [2.24, 2.45) is 5.10 Å². The first kappa shape index (κ1) is 27.2. The van der Waals surface area contributed by atoms with E-state index in [-0.39, 0.29) is 10.6 Å². The summed E-state index contributed by atoms with van der Waals surface area (Å²) in [6.07, 6.45) is 1.49. The van der Waals surface area contributed by atoms with Crippen molar-refractivity contribution >= 4 is 49.4 Å². The number of hydrogen-bond donors (Lipinski definition) is 1. The van der Waals surface area contributed by atoms with Gasteiger partial charge in [0.05, 0.1) is 29.6 Å². The van der Waals surface area contributed by atoms with Crippen molar-refractivity contribution in [1.82, 2.24) is 5.43 Å². The number of ether oxygens (including phenoxy) is 1. The number of halogens is 1. The first-order valence-electron chi connectivity index (χ1n) is 11.1. The Balaban J connectivity index is 1.89. The fourth-order valence-electron chi connectivity index (χ4n) is 3.44. The topological polar surface area (TPSA) is 91.3 Å². The highest BCUT2D eigenvalue weighted by atomic mass is 79.9. The van der Waals surface area contributed by atoms with E-state index in [1.165, 1.54) is 25.5 Å². The van der Waals surface area contributed by atoms with Gasteiger partial charge in [0.2, 0.25) is 0 Å². The first-order chi connectivity index (χ1) is 17.0. The first-order valence-corrected chi connectivity index (χ1v) is 13.3. The van der Waals surface area contributed by atoms with Gasteiger partial charge in [-0.2, -0.15) is 5.10 Å². The van der Waals surface area contributed by atoms with E-state index in [0.29, 0.717) is 5.75 Å². The third-order valence-electron chi connectivity index (χ3n) is 5.36. The highest BCUT2D eigenvalue weighted by molar-refractivity contribution is 9.10. The average molecular weight is 574 g/mol. The molecule has 36 heavy (non-hydrogen) atoms. The summed E-state index contributed by atoms with van der Waals surface area (Å²) in [5, 5.41) is 4.02. The Morgan fingerprint density at radius 3 is 2.28 bits per heavy atom. The molecule has 0 radical (unpaired) electrons. The van der Waals surface area contributed by atoms with Gasteiger partial charge in [0.1, 0.15) is 12.3 Å². The van der Waals surface area contributed by atoms with Gasteiger partial charge in [0.25, 0.3) is 15.9 Å². The Morgan fingerprint density at radius 1 is 1.00 bits per heavy atom. The molecule has 0 bridgehead atoms. The Morgan fingerprint density at radius 2 is 1.67 bits per heavy atom. The standard InChI is InChI=1S/C26H29BrN4O4S/c1-18-6-10-21(11-7-18)36(33,34)31(24-14-19(2)8-13-25(24)35-5)17-26(32)29-28-16-20-9-12-23(30(3)4)22(27)15-20/h6-16H,17H2,1-5H3,(H,29,32)/b28-16-. The molecule has 0 atom stereocenters. The summed E-state index contributed by atoms with van der Waals surface area (Å²) in [6, 6.07) is 17.3. The molecular formula is C26H29BrN4O4S. The van der Waals surface area contributed by atoms with Crippen molar-refractivity contribution in [3.05, 3.63) is 81.8 Å². The van der Waals surface area contributed by atoms with Crippen LogP contribution < -0.4 is 19.4 Å². The average Bonchev–Trinajstić information content (AvgIpc) is 2.82. The van der Waals surface area contributed by atoms with Gasteiger partial charge in [-0.3, -0.25) is 9.10 Å². The maximum atomic E-state index is 13.6. The number of benzene rings is 3. The molecule has 3 rings (SSSR count). The van der Waals surface area contributed by atoms with Crippen LogP contribution in [0.4, 0.5) is 11.4 Å². The van der Waals surface area contributed by atoms with Crippen LogP contribution in [0.3, 0.4) is 0 Å². The fraction of sp³-hybridized carbons (Fsp3) is 0.231. The van der Waals surface area contributed by atoms with Gasteiger partial charge in [0.15, 0.2) is 0 Å². The number of carbonyl (C=O) groups excluding carboxylic acids is 1. The summed E-state index contributed by atoms with van der Waals surface area (Å²) >= 11 is 3.52. The number of hydrogen-bond acceptors (Lipinski definition) is 6. The molecule has 1 amide bonds. The van der Waals surface area contributed by atoms with Crippen LogP contribution in [0.2, 0.25) is 0 Å². The summed E-state index contributed by atoms with van der Waals surface area (Å²) in [6.45, 7) is 3.22. The van der Waals surface area contributed by atoms with E-state index >= 15 is 0 Å². The molecule has 10 heteroatoms. The molecule has 0 spiro atoms. The van der Waals surface area contributed by atoms with Gasteiger partial charge < -0.3 is 9.64 Å². The van der Waals surface area contributed by atoms with Gasteiger partial charge >= 0.3 is 0 Å². The smallest absolute Gasteiger partial charge is 0.264 e. The molecule has 0 aliphatic carbocycles. The Labute approximate surface area is 220 Å². The number of sulfonamides is 1. The molecule has 0 heterocycles. The van der Waals surface area contributed by atoms with Crippen LogP contribution in [0, 0.1) is 13.8 Å². The minimum atomic E-state index is -4.08. The van der Waals surface area contributed by atoms with Crippen LogP contribution in [-0.4, -0.2) is 48.3 Å². The fourth-order valence-corrected chi connectivity index (χ4v) is 5.62. The molecule has 0 saturated heterocycles. The number of amides is 1. The van der Waals surface area contributed by atoms with Crippen LogP contribution in [0.1, 0.15) is 16.7 Å². The quantitative estimate of drug-likeness (QED) is 0.301. The molecule has 3 aromatic carbocycles. The molecular weight excluding hydrogens is 544 g/mol. The van der Waals surface area contributed by atoms with Crippen LogP contribution in [0.5, 0.6) is 5.75 Å². The predicted octanol–water partition coefficient (Wildman–Crippen LogP) is 4.49. The van der Waals surface area contributed by atoms with Crippen molar-refractivity contribution < 1.29 is 17.9 Å². The summed E-state index contributed by atoms with van der Waals surface area (Å²) in [7, 11) is 1.25. The molecule has 1 N–H and O–H groups in total. The molecule has 0 saturated carbocycles. The Kier molecular flexibility index (Phi) is 8.75. The van der Waals surface area contributed by atoms with Gasteiger partial charge in [-0.05, 0) is 77.3 Å². The van der Waals surface area contributed by atoms with Gasteiger partial charge in [0, 0.05) is 18.6 Å². The number of nitrogens with one attached hydrogen (secondary N) is 1. The molecule has 3 aromatic rings. The lowest BCUT2D eigenvalue weighted by Gasteiger charge is -2.25. The largest absolute Gasteiger partial charge is 0.495 e. The van der Waals surface area contributed by atoms with E-state index in [0.717, 1.165) is 31.2 Å². The highest BCUT2D eigenvalue weighted by Gasteiger charge is 2.29. The molecule has 0 aliphatic rings. The van der Waals surface area contributed by atoms with E-state index in [1.54, 1.807) is 24.3 Å². The van der Waals surface area contributed by atoms with Crippen LogP contribution in [0.15, 0.2) is 75.1 Å². The van der Waals surface area contributed by atoms with Crippen molar-refractivity contribution in [3.63, 3.8) is 0 Å². The van der Waals surface area contributed by atoms with Crippen LogP contribution in [-0.2, 0) is 14.8 Å². The summed E-state index contributed by atoms with van der Waals surface area (Å²) in [5.74, 6) is -0.270. The zero-order valence-corrected chi connectivity index (χ0v) is 23.2. The van der Waals surface area contributed by atoms with Gasteiger partial charge in [-0.1, -0.05) is 29.8 Å². The number of rotatable bonds is 9. The molecule has 0 aliphatic heterocycles. The third kappa shape index (κ3) is 6.44. The summed E-state index contributed by atoms with van der Waals surface area (Å²) in [4.78, 5) is 14.9. The van der Waals surface area contributed by atoms with Crippen LogP contribution in [0.25, 0.3) is 0 Å². The minimum Gasteiger partial charge on any atom is -0.495 e. The lowest BCUT2D eigenvalue weighted by Crippen LogP contribution is -2.39. The monoisotopic (exact) mass is 572 g/mol. The predicted molar refractivity (Wildman–Crippen MR) is 148 cm³/mol. The van der Waals surface area contributed by atoms with E-state index in [4.69, 9.17) is 4.74 Å². The molecule has 0 unspecified atom stereocenters. The summed E-state index contributed by atoms with van der Waals surface area (Å²) < 4.78 is 34.6. The molecule has 190 valence electrons. The van der Waals surface area contributed by atoms with Crippen molar-refractivity contribution in [1.29, 1.82) is 0 Å². The molecule has 0 aromatic heterocycles. The zero-order chi connectivity index (χ0) is 26.5. The number of nitrogens with zero attached hydrogens (tertiary/aromatic N) is 3. The van der Waals surface area contributed by atoms with Crippen LogP contribution >= 0.6 is 15.9 Å². The van der Waals surface area contributed by atoms with E-state index in [1.807, 2.05) is 57.1 Å². The summed E-state index contributed by atoms with van der Waals surface area (Å²) in [5.41, 5.74) is 6.20. The normalized spacial score (nSPS) is 11.4.